The van der Waals surface area contributed by atoms with Gasteiger partial charge in [0.1, 0.15) is 5.75 Å². The van der Waals surface area contributed by atoms with Crippen LogP contribution in [0.4, 0.5) is 0 Å². The quantitative estimate of drug-likeness (QED) is 0.790. The molecule has 0 saturated heterocycles. The van der Waals surface area contributed by atoms with Crippen molar-refractivity contribution in [2.24, 2.45) is 5.73 Å². The van der Waals surface area contributed by atoms with E-state index in [0.29, 0.717) is 11.7 Å². The first-order valence-corrected chi connectivity index (χ1v) is 7.43. The van der Waals surface area contributed by atoms with Gasteiger partial charge in [-0.3, -0.25) is 0 Å². The molecular weight excluding hydrogens is 266 g/mol. The fraction of sp³-hybridized carbons (Fsp3) is 0.500. The number of nitrogens with two attached hydrogens (primary N) is 1. The summed E-state index contributed by atoms with van der Waals surface area (Å²) in [7, 11) is 0. The SMILES string of the molecule is CCCCOc1ccc(-c2nc(C(C)(N)CC)no2)cc1. The molecule has 0 amide bonds. The van der Waals surface area contributed by atoms with Crippen LogP contribution in [-0.2, 0) is 5.54 Å². The Morgan fingerprint density at radius 3 is 2.57 bits per heavy atom. The van der Waals surface area contributed by atoms with Crippen molar-refractivity contribution in [1.82, 2.24) is 10.1 Å². The lowest BCUT2D eigenvalue weighted by molar-refractivity contribution is 0.309. The van der Waals surface area contributed by atoms with Crippen LogP contribution < -0.4 is 10.5 Å². The average molecular weight is 289 g/mol. The standard InChI is InChI=1S/C16H23N3O2/c1-4-6-11-20-13-9-7-12(8-10-13)14-18-15(19-21-14)16(3,17)5-2/h7-10H,4-6,11,17H2,1-3H3. The monoisotopic (exact) mass is 289 g/mol. The fourth-order valence-electron chi connectivity index (χ4n) is 1.76. The first kappa shape index (κ1) is 15.5. The molecule has 1 unspecified atom stereocenters. The van der Waals surface area contributed by atoms with E-state index in [1.165, 1.54) is 0 Å². The third-order valence-electron chi connectivity index (χ3n) is 3.54. The van der Waals surface area contributed by atoms with E-state index in [9.17, 15) is 0 Å². The van der Waals surface area contributed by atoms with Gasteiger partial charge in [0.25, 0.3) is 5.89 Å². The van der Waals surface area contributed by atoms with E-state index in [4.69, 9.17) is 15.0 Å². The minimum atomic E-state index is -0.565. The summed E-state index contributed by atoms with van der Waals surface area (Å²) in [4.78, 5) is 4.38. The number of benzene rings is 1. The van der Waals surface area contributed by atoms with Crippen LogP contribution >= 0.6 is 0 Å². The summed E-state index contributed by atoms with van der Waals surface area (Å²) in [6.07, 6.45) is 2.93. The molecule has 0 aliphatic heterocycles. The van der Waals surface area contributed by atoms with Crippen molar-refractivity contribution in [3.8, 4) is 17.2 Å². The van der Waals surface area contributed by atoms with Gasteiger partial charge in [0, 0.05) is 5.56 Å². The van der Waals surface area contributed by atoms with Crippen LogP contribution in [0.2, 0.25) is 0 Å². The molecule has 0 saturated carbocycles. The van der Waals surface area contributed by atoms with Gasteiger partial charge < -0.3 is 15.0 Å². The van der Waals surface area contributed by atoms with E-state index in [1.54, 1.807) is 0 Å². The minimum Gasteiger partial charge on any atom is -0.494 e. The molecule has 0 spiro atoms. The summed E-state index contributed by atoms with van der Waals surface area (Å²) < 4.78 is 10.9. The molecule has 2 N–H and O–H groups in total. The Hall–Kier alpha value is -1.88. The third kappa shape index (κ3) is 3.82. The molecule has 0 bridgehead atoms. The van der Waals surface area contributed by atoms with Gasteiger partial charge in [-0.1, -0.05) is 25.4 Å². The zero-order valence-electron chi connectivity index (χ0n) is 12.9. The molecule has 1 atom stereocenters. The van der Waals surface area contributed by atoms with Gasteiger partial charge in [-0.15, -0.1) is 0 Å². The van der Waals surface area contributed by atoms with Gasteiger partial charge in [0.15, 0.2) is 5.82 Å². The second-order valence-corrected chi connectivity index (χ2v) is 5.42. The molecule has 0 aliphatic carbocycles. The highest BCUT2D eigenvalue weighted by molar-refractivity contribution is 5.54. The predicted octanol–water partition coefficient (Wildman–Crippen LogP) is 3.50. The maximum Gasteiger partial charge on any atom is 0.257 e. The fourth-order valence-corrected chi connectivity index (χ4v) is 1.76. The number of nitrogens with zero attached hydrogens (tertiary/aromatic N) is 2. The number of hydrogen-bond donors (Lipinski definition) is 1. The van der Waals surface area contributed by atoms with E-state index in [-0.39, 0.29) is 0 Å². The first-order chi connectivity index (χ1) is 10.1. The lowest BCUT2D eigenvalue weighted by Crippen LogP contribution is -2.33. The largest absolute Gasteiger partial charge is 0.494 e. The van der Waals surface area contributed by atoms with Crippen molar-refractivity contribution in [3.05, 3.63) is 30.1 Å². The van der Waals surface area contributed by atoms with E-state index in [0.717, 1.165) is 37.2 Å². The highest BCUT2D eigenvalue weighted by Crippen LogP contribution is 2.24. The zero-order valence-corrected chi connectivity index (χ0v) is 12.9. The van der Waals surface area contributed by atoms with Crippen molar-refractivity contribution in [2.75, 3.05) is 6.61 Å². The number of unbranched alkanes of at least 4 members (excludes halogenated alkanes) is 1. The van der Waals surface area contributed by atoms with Crippen molar-refractivity contribution >= 4 is 0 Å². The summed E-state index contributed by atoms with van der Waals surface area (Å²) >= 11 is 0. The molecule has 5 heteroatoms. The number of aromatic nitrogens is 2. The van der Waals surface area contributed by atoms with Crippen molar-refractivity contribution in [2.45, 2.75) is 45.6 Å². The normalized spacial score (nSPS) is 13.9. The molecule has 21 heavy (non-hydrogen) atoms. The molecule has 2 rings (SSSR count). The first-order valence-electron chi connectivity index (χ1n) is 7.43. The van der Waals surface area contributed by atoms with Crippen LogP contribution in [-0.4, -0.2) is 16.7 Å². The highest BCUT2D eigenvalue weighted by atomic mass is 16.5. The van der Waals surface area contributed by atoms with E-state index < -0.39 is 5.54 Å². The number of hydrogen-bond acceptors (Lipinski definition) is 5. The molecule has 1 aromatic heterocycles. The van der Waals surface area contributed by atoms with Crippen LogP contribution in [0.5, 0.6) is 5.75 Å². The van der Waals surface area contributed by atoms with Gasteiger partial charge >= 0.3 is 0 Å². The average Bonchev–Trinajstić information content (AvgIpc) is 2.99. The summed E-state index contributed by atoms with van der Waals surface area (Å²) in [5.74, 6) is 1.86. The molecule has 1 aromatic carbocycles. The minimum absolute atomic E-state index is 0.482. The van der Waals surface area contributed by atoms with Crippen LogP contribution in [0, 0.1) is 0 Å². The Bertz CT molecular complexity index is 561. The second kappa shape index (κ2) is 6.72. The molecule has 114 valence electrons. The zero-order chi connectivity index (χ0) is 15.3. The van der Waals surface area contributed by atoms with E-state index in [1.807, 2.05) is 38.1 Å². The van der Waals surface area contributed by atoms with Crippen molar-refractivity contribution in [1.29, 1.82) is 0 Å². The van der Waals surface area contributed by atoms with Crippen molar-refractivity contribution in [3.63, 3.8) is 0 Å². The molecule has 0 aliphatic rings. The number of ether oxygens (including phenoxy) is 1. The van der Waals surface area contributed by atoms with E-state index >= 15 is 0 Å². The highest BCUT2D eigenvalue weighted by Gasteiger charge is 2.25. The molecule has 0 radical (unpaired) electrons. The van der Waals surface area contributed by atoms with Crippen LogP contribution in [0.1, 0.15) is 45.9 Å². The summed E-state index contributed by atoms with van der Waals surface area (Å²) in [6.45, 7) is 6.77. The predicted molar refractivity (Wildman–Crippen MR) is 82.0 cm³/mol. The Morgan fingerprint density at radius 1 is 1.24 bits per heavy atom. The maximum atomic E-state index is 6.12. The van der Waals surface area contributed by atoms with Gasteiger partial charge in [-0.2, -0.15) is 4.98 Å². The lowest BCUT2D eigenvalue weighted by Gasteiger charge is -2.16. The Morgan fingerprint density at radius 2 is 1.95 bits per heavy atom. The topological polar surface area (TPSA) is 74.2 Å². The smallest absolute Gasteiger partial charge is 0.257 e. The Labute approximate surface area is 125 Å². The molecule has 0 fully saturated rings. The summed E-state index contributed by atoms with van der Waals surface area (Å²) in [6, 6.07) is 7.66. The Balaban J connectivity index is 2.09. The van der Waals surface area contributed by atoms with Gasteiger partial charge in [-0.25, -0.2) is 0 Å². The molecule has 2 aromatic rings. The van der Waals surface area contributed by atoms with Gasteiger partial charge in [-0.05, 0) is 44.0 Å². The lowest BCUT2D eigenvalue weighted by atomic mass is 10.00. The summed E-state index contributed by atoms with van der Waals surface area (Å²) in [5.41, 5.74) is 6.42. The van der Waals surface area contributed by atoms with Crippen LogP contribution in [0.15, 0.2) is 28.8 Å². The van der Waals surface area contributed by atoms with Gasteiger partial charge in [0.05, 0.1) is 12.1 Å². The van der Waals surface area contributed by atoms with Crippen molar-refractivity contribution < 1.29 is 9.26 Å². The summed E-state index contributed by atoms with van der Waals surface area (Å²) in [5, 5.41) is 3.98. The van der Waals surface area contributed by atoms with Gasteiger partial charge in [0.2, 0.25) is 0 Å². The maximum absolute atomic E-state index is 6.12. The Kier molecular flexibility index (Phi) is 4.96. The second-order valence-electron chi connectivity index (χ2n) is 5.42. The van der Waals surface area contributed by atoms with Crippen LogP contribution in [0.25, 0.3) is 11.5 Å². The number of rotatable bonds is 7. The van der Waals surface area contributed by atoms with E-state index in [2.05, 4.69) is 17.1 Å². The van der Waals surface area contributed by atoms with Crippen LogP contribution in [0.3, 0.4) is 0 Å². The third-order valence-corrected chi connectivity index (χ3v) is 3.54. The molecular formula is C16H23N3O2. The molecule has 1 heterocycles. The molecule has 5 nitrogen and oxygen atoms in total.